The molecule has 0 saturated carbocycles. The average Bonchev–Trinajstić information content (AvgIpc) is 3.06. The minimum Gasteiger partial charge on any atom is -0.356 e. The molecular weight excluding hydrogens is 376 g/mol. The molecule has 156 valence electrons. The van der Waals surface area contributed by atoms with Crippen molar-refractivity contribution in [2.75, 3.05) is 6.54 Å². The van der Waals surface area contributed by atoms with E-state index >= 15 is 0 Å². The van der Waals surface area contributed by atoms with Gasteiger partial charge in [-0.3, -0.25) is 4.79 Å². The molecule has 0 radical (unpaired) electrons. The van der Waals surface area contributed by atoms with Gasteiger partial charge in [0.15, 0.2) is 5.76 Å². The maximum atomic E-state index is 13.3. The highest BCUT2D eigenvalue weighted by molar-refractivity contribution is 5.80. The first-order valence-electron chi connectivity index (χ1n) is 10.6. The normalized spacial score (nSPS) is 16.7. The van der Waals surface area contributed by atoms with Gasteiger partial charge in [-0.1, -0.05) is 35.0 Å². The van der Waals surface area contributed by atoms with E-state index in [4.69, 9.17) is 9.51 Å². The summed E-state index contributed by atoms with van der Waals surface area (Å²) in [5.41, 5.74) is 5.74. The number of aromatic nitrogens is 3. The van der Waals surface area contributed by atoms with Gasteiger partial charge in [0.25, 0.3) is 0 Å². The molecule has 1 aliphatic rings. The van der Waals surface area contributed by atoms with Crippen LogP contribution in [0.4, 0.5) is 0 Å². The molecule has 1 amide bonds. The number of benzene rings is 1. The molecule has 0 unspecified atom stereocenters. The maximum Gasteiger partial charge on any atom is 0.227 e. The summed E-state index contributed by atoms with van der Waals surface area (Å²) in [6.07, 6.45) is 5.17. The zero-order chi connectivity index (χ0) is 21.3. The Hall–Kier alpha value is -3.02. The molecule has 2 aromatic heterocycles. The van der Waals surface area contributed by atoms with Crippen molar-refractivity contribution in [3.05, 3.63) is 64.4 Å². The molecular formula is C24H28N4O2. The number of rotatable bonds is 4. The predicted molar refractivity (Wildman–Crippen MR) is 115 cm³/mol. The van der Waals surface area contributed by atoms with Gasteiger partial charge < -0.3 is 9.42 Å². The van der Waals surface area contributed by atoms with Crippen LogP contribution in [0.15, 0.2) is 35.0 Å². The van der Waals surface area contributed by atoms with Crippen LogP contribution in [0, 0.1) is 27.7 Å². The molecule has 0 aliphatic carbocycles. The summed E-state index contributed by atoms with van der Waals surface area (Å²) < 4.78 is 5.62. The van der Waals surface area contributed by atoms with Gasteiger partial charge >= 0.3 is 0 Å². The van der Waals surface area contributed by atoms with Gasteiger partial charge in [0, 0.05) is 18.3 Å². The fourth-order valence-corrected chi connectivity index (χ4v) is 4.20. The minimum atomic E-state index is -0.0856. The Labute approximate surface area is 177 Å². The third-order valence-corrected chi connectivity index (χ3v) is 5.92. The number of nitrogens with zero attached hydrogens (tertiary/aromatic N) is 4. The summed E-state index contributed by atoms with van der Waals surface area (Å²) in [6, 6.07) is 8.07. The molecule has 3 heterocycles. The highest BCUT2D eigenvalue weighted by atomic mass is 16.5. The number of aryl methyl sites for hydroxylation is 3. The van der Waals surface area contributed by atoms with E-state index < -0.39 is 0 Å². The van der Waals surface area contributed by atoms with Crippen molar-refractivity contribution in [3.8, 4) is 11.3 Å². The highest BCUT2D eigenvalue weighted by Crippen LogP contribution is 2.37. The quantitative estimate of drug-likeness (QED) is 0.632. The van der Waals surface area contributed by atoms with Crippen LogP contribution in [0.3, 0.4) is 0 Å². The first kappa shape index (κ1) is 20.3. The van der Waals surface area contributed by atoms with E-state index in [9.17, 15) is 4.79 Å². The van der Waals surface area contributed by atoms with E-state index in [1.807, 2.05) is 44.0 Å². The van der Waals surface area contributed by atoms with Crippen LogP contribution in [-0.2, 0) is 11.2 Å². The van der Waals surface area contributed by atoms with Crippen LogP contribution in [0.2, 0.25) is 0 Å². The Morgan fingerprint density at radius 2 is 2.03 bits per heavy atom. The molecule has 3 aromatic rings. The predicted octanol–water partition coefficient (Wildman–Crippen LogP) is 4.66. The summed E-state index contributed by atoms with van der Waals surface area (Å²) in [5.74, 6) is 1.52. The van der Waals surface area contributed by atoms with E-state index in [1.165, 1.54) is 5.56 Å². The third kappa shape index (κ3) is 3.99. The smallest absolute Gasteiger partial charge is 0.227 e. The number of carbonyl (C=O) groups is 1. The van der Waals surface area contributed by atoms with Gasteiger partial charge in [-0.25, -0.2) is 9.97 Å². The van der Waals surface area contributed by atoms with Gasteiger partial charge in [-0.05, 0) is 52.5 Å². The highest BCUT2D eigenvalue weighted by Gasteiger charge is 2.32. The lowest BCUT2D eigenvalue weighted by Crippen LogP contribution is -2.40. The summed E-state index contributed by atoms with van der Waals surface area (Å²) in [4.78, 5) is 24.5. The summed E-state index contributed by atoms with van der Waals surface area (Å²) >= 11 is 0. The Kier molecular flexibility index (Phi) is 5.66. The molecule has 6 heteroatoms. The Morgan fingerprint density at radius 3 is 2.77 bits per heavy atom. The molecule has 30 heavy (non-hydrogen) atoms. The number of hydrogen-bond donors (Lipinski definition) is 0. The molecule has 1 aromatic carbocycles. The molecule has 0 spiro atoms. The second-order valence-corrected chi connectivity index (χ2v) is 8.20. The van der Waals surface area contributed by atoms with E-state index in [0.29, 0.717) is 18.0 Å². The lowest BCUT2D eigenvalue weighted by atomic mass is 9.94. The number of likely N-dealkylation sites (tertiary alicyclic amines) is 1. The largest absolute Gasteiger partial charge is 0.356 e. The van der Waals surface area contributed by atoms with Crippen molar-refractivity contribution < 1.29 is 9.32 Å². The van der Waals surface area contributed by atoms with Gasteiger partial charge in [-0.2, -0.15) is 0 Å². The van der Waals surface area contributed by atoms with Crippen LogP contribution in [0.25, 0.3) is 11.3 Å². The number of piperidine rings is 1. The van der Waals surface area contributed by atoms with Crippen molar-refractivity contribution in [2.45, 2.75) is 59.4 Å². The number of carbonyl (C=O) groups excluding carboxylic acids is 1. The molecule has 4 rings (SSSR count). The van der Waals surface area contributed by atoms with Crippen LogP contribution in [-0.4, -0.2) is 32.5 Å². The Morgan fingerprint density at radius 1 is 1.20 bits per heavy atom. The van der Waals surface area contributed by atoms with Crippen molar-refractivity contribution >= 4 is 5.91 Å². The molecule has 1 fully saturated rings. The molecule has 1 atom stereocenters. The topological polar surface area (TPSA) is 72.1 Å². The first-order chi connectivity index (χ1) is 14.4. The second-order valence-electron chi connectivity index (χ2n) is 8.20. The zero-order valence-electron chi connectivity index (χ0n) is 18.1. The Balaban J connectivity index is 1.70. The first-order valence-corrected chi connectivity index (χ1v) is 10.6. The average molecular weight is 405 g/mol. The maximum absolute atomic E-state index is 13.3. The molecule has 1 aliphatic heterocycles. The second kappa shape index (κ2) is 8.38. The fourth-order valence-electron chi connectivity index (χ4n) is 4.20. The van der Waals surface area contributed by atoms with Gasteiger partial charge in [0.05, 0.1) is 29.4 Å². The van der Waals surface area contributed by atoms with Crippen LogP contribution in [0.5, 0.6) is 0 Å². The monoisotopic (exact) mass is 404 g/mol. The summed E-state index contributed by atoms with van der Waals surface area (Å²) in [5, 5.41) is 4.11. The zero-order valence-corrected chi connectivity index (χ0v) is 18.1. The van der Waals surface area contributed by atoms with Crippen LogP contribution >= 0.6 is 0 Å². The Bertz CT molecular complexity index is 1070. The SMILES string of the molecule is Cc1cccc(CC(=O)N2CCCC[C@H]2c2nc(C)ncc2-c2onc(C)c2C)c1. The standard InChI is InChI=1S/C24H28N4O2/c1-15-8-7-9-19(12-15)13-22(29)28-11-6-5-10-21(28)23-20(14-25-18(4)26-23)24-16(2)17(3)27-30-24/h7-9,12,14,21H,5-6,10-11,13H2,1-4H3/t21-/m0/s1. The molecule has 0 bridgehead atoms. The van der Waals surface area contributed by atoms with E-state index in [0.717, 1.165) is 53.9 Å². The molecule has 0 N–H and O–H groups in total. The number of hydrogen-bond acceptors (Lipinski definition) is 5. The van der Waals surface area contributed by atoms with Crippen molar-refractivity contribution in [3.63, 3.8) is 0 Å². The van der Waals surface area contributed by atoms with E-state index in [-0.39, 0.29) is 11.9 Å². The number of amides is 1. The lowest BCUT2D eigenvalue weighted by molar-refractivity contribution is -0.134. The van der Waals surface area contributed by atoms with Crippen molar-refractivity contribution in [2.24, 2.45) is 0 Å². The van der Waals surface area contributed by atoms with Crippen molar-refractivity contribution in [1.82, 2.24) is 20.0 Å². The van der Waals surface area contributed by atoms with E-state index in [1.54, 1.807) is 0 Å². The third-order valence-electron chi connectivity index (χ3n) is 5.92. The van der Waals surface area contributed by atoms with Crippen molar-refractivity contribution in [1.29, 1.82) is 0 Å². The van der Waals surface area contributed by atoms with E-state index in [2.05, 4.69) is 29.2 Å². The molecule has 6 nitrogen and oxygen atoms in total. The fraction of sp³-hybridized carbons (Fsp3) is 0.417. The molecule has 1 saturated heterocycles. The summed E-state index contributed by atoms with van der Waals surface area (Å²) in [6.45, 7) is 8.59. The van der Waals surface area contributed by atoms with Gasteiger partial charge in [0.2, 0.25) is 5.91 Å². The van der Waals surface area contributed by atoms with Gasteiger partial charge in [-0.15, -0.1) is 0 Å². The minimum absolute atomic E-state index is 0.0856. The van der Waals surface area contributed by atoms with Crippen LogP contribution in [0.1, 0.15) is 59.2 Å². The van der Waals surface area contributed by atoms with Gasteiger partial charge in [0.1, 0.15) is 5.82 Å². The van der Waals surface area contributed by atoms with Crippen LogP contribution < -0.4 is 0 Å². The lowest BCUT2D eigenvalue weighted by Gasteiger charge is -2.36. The summed E-state index contributed by atoms with van der Waals surface area (Å²) in [7, 11) is 0.